The molecule has 3 N–H and O–H groups in total. The number of hydrogen-bond donors (Lipinski definition) is 2. The molecule has 41 heavy (non-hydrogen) atoms. The minimum Gasteiger partial charge on any atom is -0.444 e. The van der Waals surface area contributed by atoms with Gasteiger partial charge in [-0.15, -0.1) is 0 Å². The molecular weight excluding hydrogens is 514 g/mol. The fourth-order valence-corrected chi connectivity index (χ4v) is 5.32. The highest BCUT2D eigenvalue weighted by Crippen LogP contribution is 2.47. The second kappa shape index (κ2) is 9.71. The number of anilines is 2. The van der Waals surface area contributed by atoms with E-state index in [-0.39, 0.29) is 17.7 Å². The highest BCUT2D eigenvalue weighted by Gasteiger charge is 2.44. The summed E-state index contributed by atoms with van der Waals surface area (Å²) in [5.74, 6) is 1.50. The smallest absolute Gasteiger partial charge is 0.229 e. The molecule has 9 nitrogen and oxygen atoms in total. The Bertz CT molecular complexity index is 1930. The average molecular weight is 542 g/mol. The summed E-state index contributed by atoms with van der Waals surface area (Å²) >= 11 is 0. The largest absolute Gasteiger partial charge is 0.444 e. The fourth-order valence-electron chi connectivity index (χ4n) is 5.32. The Kier molecular flexibility index (Phi) is 5.85. The van der Waals surface area contributed by atoms with Crippen LogP contribution >= 0.6 is 0 Å². The van der Waals surface area contributed by atoms with Crippen LogP contribution in [0.25, 0.3) is 44.7 Å². The van der Waals surface area contributed by atoms with E-state index in [1.54, 1.807) is 17.1 Å². The normalized spacial score (nSPS) is 16.1. The molecule has 0 unspecified atom stereocenters. The van der Waals surface area contributed by atoms with Crippen molar-refractivity contribution in [3.63, 3.8) is 0 Å². The molecule has 0 spiro atoms. The van der Waals surface area contributed by atoms with Crippen molar-refractivity contribution in [3.05, 3.63) is 96.6 Å². The van der Waals surface area contributed by atoms with Gasteiger partial charge >= 0.3 is 0 Å². The molecule has 7 rings (SSSR count). The topological polar surface area (TPSA) is 125 Å². The SMILES string of the molecule is Cc1cc(-c2nc(-c3ccccc3)co2)ccc1-c1cc2cc(NC(=O)[C@H]3C[C@@H]3c3cnn(C)c3)ncc2c(N)n1. The van der Waals surface area contributed by atoms with Crippen LogP contribution in [0, 0.1) is 12.8 Å². The number of amides is 1. The summed E-state index contributed by atoms with van der Waals surface area (Å²) in [6.45, 7) is 2.02. The number of oxazole rings is 1. The zero-order chi connectivity index (χ0) is 28.1. The Hall–Kier alpha value is -5.31. The van der Waals surface area contributed by atoms with Crippen molar-refractivity contribution >= 4 is 28.3 Å². The monoisotopic (exact) mass is 541 g/mol. The Labute approximate surface area is 236 Å². The molecule has 202 valence electrons. The molecule has 1 amide bonds. The lowest BCUT2D eigenvalue weighted by Gasteiger charge is -2.11. The quantitative estimate of drug-likeness (QED) is 0.265. The zero-order valence-electron chi connectivity index (χ0n) is 22.6. The molecule has 0 radical (unpaired) electrons. The molecule has 0 saturated heterocycles. The summed E-state index contributed by atoms with van der Waals surface area (Å²) in [5.41, 5.74) is 12.8. The number of pyridine rings is 2. The first-order valence-corrected chi connectivity index (χ1v) is 13.4. The number of carbonyl (C=O) groups is 1. The second-order valence-corrected chi connectivity index (χ2v) is 10.5. The Morgan fingerprint density at radius 3 is 2.66 bits per heavy atom. The summed E-state index contributed by atoms with van der Waals surface area (Å²) in [6.07, 6.45) is 7.93. The van der Waals surface area contributed by atoms with E-state index in [9.17, 15) is 4.79 Å². The van der Waals surface area contributed by atoms with E-state index in [1.807, 2.05) is 87.0 Å². The van der Waals surface area contributed by atoms with Crippen LogP contribution in [0.1, 0.15) is 23.5 Å². The van der Waals surface area contributed by atoms with Crippen LogP contribution in [-0.4, -0.2) is 30.6 Å². The van der Waals surface area contributed by atoms with Crippen molar-refractivity contribution in [1.82, 2.24) is 24.7 Å². The molecule has 0 aliphatic heterocycles. The Morgan fingerprint density at radius 2 is 1.88 bits per heavy atom. The zero-order valence-corrected chi connectivity index (χ0v) is 22.6. The van der Waals surface area contributed by atoms with Gasteiger partial charge in [0.2, 0.25) is 11.8 Å². The molecule has 1 aliphatic carbocycles. The predicted molar refractivity (Wildman–Crippen MR) is 158 cm³/mol. The molecule has 1 saturated carbocycles. The van der Waals surface area contributed by atoms with Crippen LogP contribution in [0.15, 0.2) is 89.9 Å². The number of rotatable bonds is 6. The number of nitrogens with one attached hydrogen (secondary N) is 1. The van der Waals surface area contributed by atoms with Gasteiger partial charge in [-0.05, 0) is 60.0 Å². The molecule has 0 bridgehead atoms. The van der Waals surface area contributed by atoms with E-state index in [0.717, 1.165) is 56.4 Å². The molecule has 1 aliphatic rings. The number of nitrogen functional groups attached to an aromatic ring is 1. The van der Waals surface area contributed by atoms with Gasteiger partial charge in [0.15, 0.2) is 0 Å². The van der Waals surface area contributed by atoms with Gasteiger partial charge < -0.3 is 15.5 Å². The number of hydrogen-bond acceptors (Lipinski definition) is 7. The van der Waals surface area contributed by atoms with Gasteiger partial charge in [0.25, 0.3) is 0 Å². The molecule has 6 aromatic rings. The van der Waals surface area contributed by atoms with E-state index in [2.05, 4.69) is 25.4 Å². The van der Waals surface area contributed by atoms with Crippen LogP contribution in [0.4, 0.5) is 11.6 Å². The van der Waals surface area contributed by atoms with E-state index in [1.165, 1.54) is 0 Å². The van der Waals surface area contributed by atoms with E-state index < -0.39 is 0 Å². The minimum atomic E-state index is -0.0802. The maximum atomic E-state index is 12.9. The average Bonchev–Trinajstić information content (AvgIpc) is 3.40. The second-order valence-electron chi connectivity index (χ2n) is 10.5. The van der Waals surface area contributed by atoms with Crippen LogP contribution in [0.5, 0.6) is 0 Å². The van der Waals surface area contributed by atoms with E-state index in [4.69, 9.17) is 10.2 Å². The molecular formula is C32H27N7O2. The lowest BCUT2D eigenvalue weighted by Crippen LogP contribution is -2.15. The first kappa shape index (κ1) is 24.7. The number of nitrogens with two attached hydrogens (primary N) is 1. The van der Waals surface area contributed by atoms with Crippen molar-refractivity contribution in [3.8, 4) is 34.0 Å². The summed E-state index contributed by atoms with van der Waals surface area (Å²) < 4.78 is 7.55. The van der Waals surface area contributed by atoms with Crippen molar-refractivity contribution in [2.45, 2.75) is 19.3 Å². The number of aromatic nitrogens is 5. The van der Waals surface area contributed by atoms with Gasteiger partial charge in [0, 0.05) is 47.4 Å². The summed E-state index contributed by atoms with van der Waals surface area (Å²) in [6, 6.07) is 19.8. The first-order valence-electron chi connectivity index (χ1n) is 13.4. The standard InChI is InChI=1S/C32H27N7O2/c1-18-10-20(32-37-28(17-41-32)19-6-4-3-5-7-19)8-9-23(18)27-11-21-12-29(34-15-26(21)30(33)36-27)38-31(40)25-13-24(25)22-14-35-39(2)16-22/h3-12,14-17,24-25H,13H2,1-2H3,(H2,33,36)(H,34,38,40)/t24-,25+/m1/s1. The van der Waals surface area contributed by atoms with Crippen molar-refractivity contribution in [1.29, 1.82) is 0 Å². The third-order valence-electron chi connectivity index (χ3n) is 7.60. The summed E-state index contributed by atoms with van der Waals surface area (Å²) in [5, 5.41) is 8.77. The van der Waals surface area contributed by atoms with Gasteiger partial charge in [-0.3, -0.25) is 9.48 Å². The third kappa shape index (κ3) is 4.71. The number of carbonyl (C=O) groups excluding carboxylic acids is 1. The fraction of sp³-hybridized carbons (Fsp3) is 0.156. The predicted octanol–water partition coefficient (Wildman–Crippen LogP) is 5.99. The highest BCUT2D eigenvalue weighted by molar-refractivity contribution is 5.99. The number of fused-ring (bicyclic) bond motifs is 1. The van der Waals surface area contributed by atoms with Crippen LogP contribution in [0.3, 0.4) is 0 Å². The van der Waals surface area contributed by atoms with Gasteiger partial charge in [-0.25, -0.2) is 15.0 Å². The highest BCUT2D eigenvalue weighted by atomic mass is 16.3. The molecule has 2 aromatic carbocycles. The van der Waals surface area contributed by atoms with E-state index in [0.29, 0.717) is 17.5 Å². The van der Waals surface area contributed by atoms with Crippen molar-refractivity contribution in [2.24, 2.45) is 13.0 Å². The summed E-state index contributed by atoms with van der Waals surface area (Å²) in [4.78, 5) is 26.7. The molecule has 4 aromatic heterocycles. The van der Waals surface area contributed by atoms with Crippen LogP contribution in [0.2, 0.25) is 0 Å². The Morgan fingerprint density at radius 1 is 1.02 bits per heavy atom. The molecule has 2 atom stereocenters. The van der Waals surface area contributed by atoms with Crippen molar-refractivity contribution < 1.29 is 9.21 Å². The molecule has 1 fully saturated rings. The maximum absolute atomic E-state index is 12.9. The number of benzene rings is 2. The Balaban J connectivity index is 1.13. The van der Waals surface area contributed by atoms with Gasteiger partial charge in [-0.2, -0.15) is 5.10 Å². The van der Waals surface area contributed by atoms with Gasteiger partial charge in [-0.1, -0.05) is 36.4 Å². The van der Waals surface area contributed by atoms with Gasteiger partial charge in [0.05, 0.1) is 11.9 Å². The lowest BCUT2D eigenvalue weighted by molar-refractivity contribution is -0.117. The van der Waals surface area contributed by atoms with Crippen LogP contribution in [-0.2, 0) is 11.8 Å². The van der Waals surface area contributed by atoms with Gasteiger partial charge in [0.1, 0.15) is 23.6 Å². The summed E-state index contributed by atoms with van der Waals surface area (Å²) in [7, 11) is 1.88. The van der Waals surface area contributed by atoms with Crippen LogP contribution < -0.4 is 11.1 Å². The van der Waals surface area contributed by atoms with Crippen molar-refractivity contribution in [2.75, 3.05) is 11.1 Å². The minimum absolute atomic E-state index is 0.0404. The molecule has 4 heterocycles. The first-order chi connectivity index (χ1) is 19.9. The number of nitrogens with zero attached hydrogens (tertiary/aromatic N) is 5. The third-order valence-corrected chi connectivity index (χ3v) is 7.60. The molecule has 9 heteroatoms. The number of aryl methyl sites for hydroxylation is 2. The maximum Gasteiger partial charge on any atom is 0.229 e. The van der Waals surface area contributed by atoms with E-state index >= 15 is 0 Å². The lowest BCUT2D eigenvalue weighted by atomic mass is 10.0.